The number of rotatable bonds is 4. The van der Waals surface area contributed by atoms with Gasteiger partial charge in [-0.2, -0.15) is 0 Å². The van der Waals surface area contributed by atoms with Gasteiger partial charge in [-0.25, -0.2) is 4.98 Å². The first-order chi connectivity index (χ1) is 8.93. The van der Waals surface area contributed by atoms with E-state index in [2.05, 4.69) is 22.2 Å². The molecule has 1 fully saturated rings. The van der Waals surface area contributed by atoms with E-state index in [9.17, 15) is 9.90 Å². The number of hydrogen-bond donors (Lipinski definition) is 1. The van der Waals surface area contributed by atoms with Gasteiger partial charge >= 0.3 is 5.97 Å². The number of nitrogens with zero attached hydrogens (tertiary/aromatic N) is 2. The molecule has 19 heavy (non-hydrogen) atoms. The topological polar surface area (TPSA) is 53.4 Å². The second kappa shape index (κ2) is 5.59. The highest BCUT2D eigenvalue weighted by Gasteiger charge is 2.40. The molecule has 1 aliphatic rings. The summed E-state index contributed by atoms with van der Waals surface area (Å²) in [5.41, 5.74) is 2.30. The summed E-state index contributed by atoms with van der Waals surface area (Å²) < 4.78 is 0. The van der Waals surface area contributed by atoms with Crippen LogP contribution < -0.4 is 0 Å². The third kappa shape index (κ3) is 2.98. The molecule has 1 saturated heterocycles. The van der Waals surface area contributed by atoms with Crippen LogP contribution in [0.15, 0.2) is 10.9 Å². The lowest BCUT2D eigenvalue weighted by Crippen LogP contribution is -2.45. The Kier molecular flexibility index (Phi) is 4.26. The Hall–Kier alpha value is -0.940. The first-order valence-electron chi connectivity index (χ1n) is 6.78. The molecular weight excluding hydrogens is 260 g/mol. The molecule has 0 aliphatic carbocycles. The van der Waals surface area contributed by atoms with Crippen LogP contribution in [0.4, 0.5) is 0 Å². The summed E-state index contributed by atoms with van der Waals surface area (Å²) in [4.78, 5) is 18.1. The summed E-state index contributed by atoms with van der Waals surface area (Å²) in [7, 11) is 0. The molecule has 2 rings (SSSR count). The number of likely N-dealkylation sites (tertiary alicyclic amines) is 1. The van der Waals surface area contributed by atoms with Crippen molar-refractivity contribution in [2.24, 2.45) is 11.3 Å². The summed E-state index contributed by atoms with van der Waals surface area (Å²) >= 11 is 1.61. The molecule has 4 nitrogen and oxygen atoms in total. The minimum absolute atomic E-state index is 0.208. The van der Waals surface area contributed by atoms with Gasteiger partial charge in [0.2, 0.25) is 0 Å². The quantitative estimate of drug-likeness (QED) is 0.922. The minimum atomic E-state index is -0.694. The van der Waals surface area contributed by atoms with E-state index in [1.807, 2.05) is 19.4 Å². The molecule has 0 spiro atoms. The minimum Gasteiger partial charge on any atom is -0.481 e. The molecule has 0 saturated carbocycles. The molecule has 106 valence electrons. The summed E-state index contributed by atoms with van der Waals surface area (Å²) in [5, 5.41) is 11.5. The van der Waals surface area contributed by atoms with E-state index < -0.39 is 11.4 Å². The van der Waals surface area contributed by atoms with Crippen molar-refractivity contribution in [2.75, 3.05) is 13.1 Å². The van der Waals surface area contributed by atoms with Crippen molar-refractivity contribution >= 4 is 17.3 Å². The molecule has 1 aliphatic heterocycles. The van der Waals surface area contributed by atoms with Crippen molar-refractivity contribution in [3.8, 4) is 0 Å². The molecule has 1 N–H and O–H groups in total. The lowest BCUT2D eigenvalue weighted by Gasteiger charge is -2.41. The summed E-state index contributed by atoms with van der Waals surface area (Å²) in [6.45, 7) is 7.72. The summed E-state index contributed by atoms with van der Waals surface area (Å²) in [6.07, 6.45) is 2.06. The first kappa shape index (κ1) is 14.5. The molecule has 0 amide bonds. The molecule has 5 heteroatoms. The van der Waals surface area contributed by atoms with Gasteiger partial charge in [-0.05, 0) is 46.1 Å². The number of thiazole rings is 1. The van der Waals surface area contributed by atoms with Gasteiger partial charge < -0.3 is 5.11 Å². The lowest BCUT2D eigenvalue weighted by molar-refractivity contribution is -0.151. The highest BCUT2D eigenvalue weighted by Crippen LogP contribution is 2.36. The van der Waals surface area contributed by atoms with Crippen LogP contribution in [0.5, 0.6) is 0 Å². The molecule has 2 atom stereocenters. The number of piperidine rings is 1. The zero-order chi connectivity index (χ0) is 14.0. The van der Waals surface area contributed by atoms with Gasteiger partial charge in [0.25, 0.3) is 0 Å². The lowest BCUT2D eigenvalue weighted by atomic mass is 9.74. The monoisotopic (exact) mass is 282 g/mol. The maximum absolute atomic E-state index is 11.4. The van der Waals surface area contributed by atoms with Crippen LogP contribution in [0.3, 0.4) is 0 Å². The highest BCUT2D eigenvalue weighted by molar-refractivity contribution is 7.07. The maximum atomic E-state index is 11.4. The molecular formula is C14H22N2O2S. The van der Waals surface area contributed by atoms with E-state index in [0.717, 1.165) is 31.6 Å². The van der Waals surface area contributed by atoms with Gasteiger partial charge in [0.05, 0.1) is 22.7 Å². The Morgan fingerprint density at radius 3 is 2.95 bits per heavy atom. The standard InChI is InChI=1S/C14H22N2O2S/c1-10(12-8-19-9-15-12)16-6-4-5-11(7-16)14(2,3)13(17)18/h8-11H,4-7H2,1-3H3,(H,17,18). The zero-order valence-corrected chi connectivity index (χ0v) is 12.6. The van der Waals surface area contributed by atoms with Crippen molar-refractivity contribution in [3.05, 3.63) is 16.6 Å². The Bertz CT molecular complexity index is 431. The fraction of sp³-hybridized carbons (Fsp3) is 0.714. The average Bonchev–Trinajstić information content (AvgIpc) is 2.91. The van der Waals surface area contributed by atoms with Crippen molar-refractivity contribution in [3.63, 3.8) is 0 Å². The number of hydrogen-bond acceptors (Lipinski definition) is 4. The molecule has 2 heterocycles. The van der Waals surface area contributed by atoms with Gasteiger partial charge in [-0.3, -0.25) is 9.69 Å². The van der Waals surface area contributed by atoms with Gasteiger partial charge in [-0.1, -0.05) is 0 Å². The summed E-state index contributed by atoms with van der Waals surface area (Å²) in [5.74, 6) is -0.486. The molecule has 1 aromatic rings. The van der Waals surface area contributed by atoms with Gasteiger partial charge in [0, 0.05) is 11.9 Å². The van der Waals surface area contributed by atoms with Crippen LogP contribution in [0.2, 0.25) is 0 Å². The van der Waals surface area contributed by atoms with Crippen molar-refractivity contribution < 1.29 is 9.90 Å². The van der Waals surface area contributed by atoms with Crippen LogP contribution in [0, 0.1) is 11.3 Å². The van der Waals surface area contributed by atoms with E-state index in [4.69, 9.17) is 0 Å². The van der Waals surface area contributed by atoms with Crippen LogP contribution in [-0.2, 0) is 4.79 Å². The van der Waals surface area contributed by atoms with E-state index >= 15 is 0 Å². The van der Waals surface area contributed by atoms with E-state index in [1.165, 1.54) is 0 Å². The second-order valence-corrected chi connectivity index (χ2v) is 6.67. The van der Waals surface area contributed by atoms with E-state index in [-0.39, 0.29) is 12.0 Å². The predicted octanol–water partition coefficient (Wildman–Crippen LogP) is 3.03. The third-order valence-corrected chi connectivity index (χ3v) is 5.06. The molecule has 1 aromatic heterocycles. The van der Waals surface area contributed by atoms with Gasteiger partial charge in [0.15, 0.2) is 0 Å². The smallest absolute Gasteiger partial charge is 0.309 e. The normalized spacial score (nSPS) is 23.2. The number of carboxylic acid groups (broad SMARTS) is 1. The van der Waals surface area contributed by atoms with Gasteiger partial charge in [-0.15, -0.1) is 11.3 Å². The van der Waals surface area contributed by atoms with Gasteiger partial charge in [0.1, 0.15) is 0 Å². The van der Waals surface area contributed by atoms with Crippen LogP contribution in [0.1, 0.15) is 45.3 Å². The SMILES string of the molecule is CC(c1cscn1)N1CCCC(C(C)(C)C(=O)O)C1. The first-order valence-corrected chi connectivity index (χ1v) is 7.72. The largest absolute Gasteiger partial charge is 0.481 e. The van der Waals surface area contributed by atoms with E-state index in [0.29, 0.717) is 0 Å². The van der Waals surface area contributed by atoms with Crippen molar-refractivity contribution in [2.45, 2.75) is 39.7 Å². The molecule has 0 aromatic carbocycles. The molecule has 0 radical (unpaired) electrons. The predicted molar refractivity (Wildman–Crippen MR) is 76.2 cm³/mol. The average molecular weight is 282 g/mol. The Morgan fingerprint density at radius 2 is 2.37 bits per heavy atom. The molecule has 2 unspecified atom stereocenters. The van der Waals surface area contributed by atoms with Crippen molar-refractivity contribution in [1.29, 1.82) is 0 Å². The Morgan fingerprint density at radius 1 is 1.63 bits per heavy atom. The molecule has 0 bridgehead atoms. The fourth-order valence-electron chi connectivity index (χ4n) is 2.74. The number of aromatic nitrogens is 1. The van der Waals surface area contributed by atoms with Crippen LogP contribution in [-0.4, -0.2) is 34.0 Å². The number of carboxylic acids is 1. The number of aliphatic carboxylic acids is 1. The fourth-order valence-corrected chi connectivity index (χ4v) is 3.38. The highest BCUT2D eigenvalue weighted by atomic mass is 32.1. The Balaban J connectivity index is 2.07. The Labute approximate surface area is 118 Å². The van der Waals surface area contributed by atoms with Crippen LogP contribution >= 0.6 is 11.3 Å². The van der Waals surface area contributed by atoms with Crippen molar-refractivity contribution in [1.82, 2.24) is 9.88 Å². The van der Waals surface area contributed by atoms with Crippen LogP contribution in [0.25, 0.3) is 0 Å². The second-order valence-electron chi connectivity index (χ2n) is 5.95. The summed E-state index contributed by atoms with van der Waals surface area (Å²) in [6, 6.07) is 0.277. The third-order valence-electron chi connectivity index (χ3n) is 4.45. The number of carbonyl (C=O) groups is 1. The maximum Gasteiger partial charge on any atom is 0.309 e. The van der Waals surface area contributed by atoms with E-state index in [1.54, 1.807) is 11.3 Å². The zero-order valence-electron chi connectivity index (χ0n) is 11.8.